The number of fused-ring (bicyclic) bond motifs is 1. The Bertz CT molecular complexity index is 615. The van der Waals surface area contributed by atoms with Crippen molar-refractivity contribution in [2.45, 2.75) is 13.3 Å². The molecule has 6 nitrogen and oxygen atoms in total. The fraction of sp³-hybridized carbons (Fsp3) is 0.500. The van der Waals surface area contributed by atoms with Gasteiger partial charge in [-0.15, -0.1) is 11.3 Å². The van der Waals surface area contributed by atoms with Crippen molar-refractivity contribution in [1.82, 2.24) is 9.97 Å². The van der Waals surface area contributed by atoms with Crippen LogP contribution in [-0.4, -0.2) is 49.9 Å². The molecule has 0 unspecified atom stereocenters. The highest BCUT2D eigenvalue weighted by Gasteiger charge is 2.16. The van der Waals surface area contributed by atoms with E-state index in [1.165, 1.54) is 7.11 Å². The van der Waals surface area contributed by atoms with E-state index in [2.05, 4.69) is 15.3 Å². The first-order valence-corrected chi connectivity index (χ1v) is 7.54. The highest BCUT2D eigenvalue weighted by molar-refractivity contribution is 7.18. The van der Waals surface area contributed by atoms with Gasteiger partial charge >= 0.3 is 5.97 Å². The van der Waals surface area contributed by atoms with Gasteiger partial charge < -0.3 is 14.4 Å². The van der Waals surface area contributed by atoms with E-state index in [0.29, 0.717) is 26.1 Å². The number of aromatic nitrogens is 2. The second-order valence-electron chi connectivity index (χ2n) is 4.60. The molecule has 0 atom stereocenters. The Labute approximate surface area is 127 Å². The number of carbonyl (C=O) groups is 1. The minimum atomic E-state index is -0.231. The van der Waals surface area contributed by atoms with Gasteiger partial charge in [0.2, 0.25) is 0 Å². The maximum absolute atomic E-state index is 11.4. The summed E-state index contributed by atoms with van der Waals surface area (Å²) in [5.41, 5.74) is 2.10. The molecule has 0 radical (unpaired) electrons. The van der Waals surface area contributed by atoms with E-state index in [0.717, 1.165) is 21.6 Å². The van der Waals surface area contributed by atoms with E-state index in [-0.39, 0.29) is 5.97 Å². The van der Waals surface area contributed by atoms with Crippen molar-refractivity contribution in [2.75, 3.05) is 38.8 Å². The first-order chi connectivity index (χ1) is 10.2. The molecular weight excluding hydrogens is 290 g/mol. The van der Waals surface area contributed by atoms with Crippen LogP contribution in [0.25, 0.3) is 10.2 Å². The minimum absolute atomic E-state index is 0.231. The van der Waals surface area contributed by atoms with Gasteiger partial charge in [0.05, 0.1) is 30.4 Å². The summed E-state index contributed by atoms with van der Waals surface area (Å²) in [6.45, 7) is 3.80. The van der Waals surface area contributed by atoms with Crippen molar-refractivity contribution in [1.29, 1.82) is 0 Å². The third-order valence-electron chi connectivity index (χ3n) is 3.19. The predicted molar refractivity (Wildman–Crippen MR) is 82.9 cm³/mol. The third-order valence-corrected chi connectivity index (χ3v) is 4.27. The zero-order valence-electron chi connectivity index (χ0n) is 12.5. The zero-order chi connectivity index (χ0) is 15.2. The first kappa shape index (κ1) is 15.7. The average Bonchev–Trinajstić information content (AvgIpc) is 2.89. The molecule has 114 valence electrons. The molecule has 2 aromatic rings. The van der Waals surface area contributed by atoms with Gasteiger partial charge in [0.1, 0.15) is 12.1 Å². The summed E-state index contributed by atoms with van der Waals surface area (Å²) in [7, 11) is 3.05. The lowest BCUT2D eigenvalue weighted by Crippen LogP contribution is -2.30. The van der Waals surface area contributed by atoms with E-state index in [9.17, 15) is 4.79 Å². The van der Waals surface area contributed by atoms with Gasteiger partial charge in [-0.25, -0.2) is 9.97 Å². The quantitative estimate of drug-likeness (QED) is 0.729. The van der Waals surface area contributed by atoms with E-state index in [4.69, 9.17) is 9.47 Å². The second kappa shape index (κ2) is 7.33. The molecule has 0 aliphatic carbocycles. The van der Waals surface area contributed by atoms with Crippen LogP contribution < -0.4 is 4.90 Å². The van der Waals surface area contributed by atoms with Gasteiger partial charge in [-0.05, 0) is 17.9 Å². The highest BCUT2D eigenvalue weighted by Crippen LogP contribution is 2.30. The summed E-state index contributed by atoms with van der Waals surface area (Å²) in [5.74, 6) is 0.615. The highest BCUT2D eigenvalue weighted by atomic mass is 32.1. The molecule has 0 fully saturated rings. The van der Waals surface area contributed by atoms with Gasteiger partial charge in [0.25, 0.3) is 0 Å². The van der Waals surface area contributed by atoms with Gasteiger partial charge in [0.15, 0.2) is 0 Å². The topological polar surface area (TPSA) is 64.5 Å². The van der Waals surface area contributed by atoms with Gasteiger partial charge in [-0.3, -0.25) is 4.79 Å². The average molecular weight is 309 g/mol. The van der Waals surface area contributed by atoms with Crippen molar-refractivity contribution in [3.8, 4) is 0 Å². The number of aryl methyl sites for hydroxylation is 1. The molecule has 2 rings (SSSR count). The molecule has 2 aromatic heterocycles. The lowest BCUT2D eigenvalue weighted by Gasteiger charge is -2.23. The van der Waals surface area contributed by atoms with Crippen molar-refractivity contribution in [2.24, 2.45) is 0 Å². The van der Waals surface area contributed by atoms with Crippen LogP contribution in [0, 0.1) is 6.92 Å². The number of methoxy groups -OCH3 is 2. The molecule has 7 heteroatoms. The monoisotopic (exact) mass is 309 g/mol. The number of nitrogens with zero attached hydrogens (tertiary/aromatic N) is 3. The molecule has 0 aliphatic heterocycles. The summed E-state index contributed by atoms with van der Waals surface area (Å²) in [6, 6.07) is 0. The Morgan fingerprint density at radius 1 is 1.33 bits per heavy atom. The zero-order valence-corrected chi connectivity index (χ0v) is 13.3. The number of thiophene rings is 1. The molecule has 2 heterocycles. The van der Waals surface area contributed by atoms with E-state index in [1.54, 1.807) is 24.8 Å². The molecule has 0 amide bonds. The Morgan fingerprint density at radius 2 is 2.14 bits per heavy atom. The largest absolute Gasteiger partial charge is 0.469 e. The maximum atomic E-state index is 11.4. The molecule has 0 N–H and O–H groups in total. The molecule has 0 saturated carbocycles. The third kappa shape index (κ3) is 3.68. The van der Waals surface area contributed by atoms with E-state index < -0.39 is 0 Å². The van der Waals surface area contributed by atoms with Crippen LogP contribution in [-0.2, 0) is 14.3 Å². The number of anilines is 1. The van der Waals surface area contributed by atoms with Gasteiger partial charge in [-0.2, -0.15) is 0 Å². The summed E-state index contributed by atoms with van der Waals surface area (Å²) >= 11 is 1.62. The fourth-order valence-electron chi connectivity index (χ4n) is 2.04. The van der Waals surface area contributed by atoms with Crippen molar-refractivity contribution < 1.29 is 14.3 Å². The molecule has 0 bridgehead atoms. The van der Waals surface area contributed by atoms with E-state index in [1.807, 2.05) is 11.8 Å². The van der Waals surface area contributed by atoms with Crippen molar-refractivity contribution in [3.63, 3.8) is 0 Å². The van der Waals surface area contributed by atoms with Crippen LogP contribution in [0.15, 0.2) is 11.7 Å². The fourth-order valence-corrected chi connectivity index (χ4v) is 3.05. The Morgan fingerprint density at radius 3 is 2.86 bits per heavy atom. The summed E-state index contributed by atoms with van der Waals surface area (Å²) in [4.78, 5) is 22.1. The van der Waals surface area contributed by atoms with Crippen LogP contribution in [0.3, 0.4) is 0 Å². The van der Waals surface area contributed by atoms with Crippen LogP contribution in [0.5, 0.6) is 0 Å². The Kier molecular flexibility index (Phi) is 5.46. The molecule has 0 saturated heterocycles. The van der Waals surface area contributed by atoms with E-state index >= 15 is 0 Å². The van der Waals surface area contributed by atoms with Crippen LogP contribution >= 0.6 is 11.3 Å². The van der Waals surface area contributed by atoms with Crippen molar-refractivity contribution in [3.05, 3.63) is 17.3 Å². The first-order valence-electron chi connectivity index (χ1n) is 6.67. The lowest BCUT2D eigenvalue weighted by molar-refractivity contribution is -0.140. The van der Waals surface area contributed by atoms with Crippen LogP contribution in [0.1, 0.15) is 12.0 Å². The van der Waals surface area contributed by atoms with Gasteiger partial charge in [-0.1, -0.05) is 0 Å². The maximum Gasteiger partial charge on any atom is 0.307 e. The standard InChI is InChI=1S/C14H19N3O3S/c1-10-8-21-13-12(10)15-9-16-14(13)17(6-7-19-2)5-4-11(18)20-3/h8-9H,4-7H2,1-3H3. The lowest BCUT2D eigenvalue weighted by atomic mass is 10.3. The number of rotatable bonds is 7. The summed E-state index contributed by atoms with van der Waals surface area (Å²) in [6.07, 6.45) is 1.88. The SMILES string of the molecule is COCCN(CCC(=O)OC)c1ncnc2c(C)csc12. The Hall–Kier alpha value is -1.73. The molecule has 0 aliphatic rings. The Balaban J connectivity index is 2.27. The number of carbonyl (C=O) groups excluding carboxylic acids is 1. The summed E-state index contributed by atoms with van der Waals surface area (Å²) < 4.78 is 10.9. The van der Waals surface area contributed by atoms with Gasteiger partial charge in [0, 0.05) is 20.2 Å². The molecule has 21 heavy (non-hydrogen) atoms. The van der Waals surface area contributed by atoms with Crippen LogP contribution in [0.2, 0.25) is 0 Å². The minimum Gasteiger partial charge on any atom is -0.469 e. The second-order valence-corrected chi connectivity index (χ2v) is 5.48. The molecule has 0 aromatic carbocycles. The summed E-state index contributed by atoms with van der Waals surface area (Å²) in [5, 5.41) is 2.07. The number of ether oxygens (including phenoxy) is 2. The number of esters is 1. The predicted octanol–water partition coefficient (Wildman–Crippen LogP) is 2.02. The van der Waals surface area contributed by atoms with Crippen molar-refractivity contribution >= 4 is 33.3 Å². The number of hydrogen-bond acceptors (Lipinski definition) is 7. The molecule has 0 spiro atoms. The van der Waals surface area contributed by atoms with Crippen LogP contribution in [0.4, 0.5) is 5.82 Å². The normalized spacial score (nSPS) is 10.8. The molecular formula is C14H19N3O3S. The smallest absolute Gasteiger partial charge is 0.307 e. The number of hydrogen-bond donors (Lipinski definition) is 0.